The van der Waals surface area contributed by atoms with Crippen molar-refractivity contribution in [1.82, 2.24) is 29.7 Å². The second-order valence-corrected chi connectivity index (χ2v) is 17.5. The number of benzene rings is 2. The number of hydrogen-bond donors (Lipinski definition) is 2. The first kappa shape index (κ1) is 37.7. The molecule has 0 spiro atoms. The predicted molar refractivity (Wildman–Crippen MR) is 201 cm³/mol. The molecule has 3 fully saturated rings. The van der Waals surface area contributed by atoms with Crippen molar-refractivity contribution in [2.75, 3.05) is 6.54 Å². The van der Waals surface area contributed by atoms with Crippen molar-refractivity contribution in [2.45, 2.75) is 87.6 Å². The molecule has 3 amide bonds. The molecule has 8 rings (SSSR count). The highest BCUT2D eigenvalue weighted by Gasteiger charge is 2.61. The number of ketones is 1. The Balaban J connectivity index is 1.14. The number of sulfonamides is 1. The van der Waals surface area contributed by atoms with Crippen LogP contribution in [0.1, 0.15) is 74.6 Å². The van der Waals surface area contributed by atoms with Gasteiger partial charge in [-0.15, -0.1) is 0 Å². The van der Waals surface area contributed by atoms with Gasteiger partial charge in [-0.3, -0.25) is 28.6 Å². The Bertz CT molecular complexity index is 2400. The minimum atomic E-state index is -3.90. The molecule has 2 N–H and O–H groups in total. The molecule has 4 aromatic rings. The number of Topliss-reactive ketones (excluding diaryl/α,β-unsaturated/α-hetero) is 1. The van der Waals surface area contributed by atoms with Gasteiger partial charge in [0.05, 0.1) is 40.5 Å². The van der Waals surface area contributed by atoms with Crippen LogP contribution in [-0.4, -0.2) is 81.6 Å². The molecule has 2 saturated carbocycles. The number of aromatic nitrogens is 3. The zero-order valence-corrected chi connectivity index (χ0v) is 31.6. The Morgan fingerprint density at radius 1 is 0.982 bits per heavy atom. The monoisotopic (exact) mass is 788 g/mol. The fraction of sp³-hybridized carbons (Fsp3) is 0.450. The zero-order valence-electron chi connectivity index (χ0n) is 30.7. The number of carbonyl (C=O) groups excluding carboxylic acids is 4. The molecule has 0 radical (unpaired) electrons. The van der Waals surface area contributed by atoms with E-state index in [0.717, 1.165) is 12.8 Å². The number of hydrogen-bond acceptors (Lipinski definition) is 9. The van der Waals surface area contributed by atoms with Crippen LogP contribution < -0.4 is 14.8 Å². The van der Waals surface area contributed by atoms with Crippen LogP contribution in [-0.2, 0) is 31.5 Å². The maximum atomic E-state index is 14.6. The first-order valence-corrected chi connectivity index (χ1v) is 20.6. The van der Waals surface area contributed by atoms with E-state index in [2.05, 4.69) is 20.1 Å². The fourth-order valence-electron chi connectivity index (χ4n) is 8.14. The number of halogens is 2. The first-order valence-electron chi connectivity index (χ1n) is 19.0. The fourth-order valence-corrected chi connectivity index (χ4v) is 9.52. The van der Waals surface area contributed by atoms with Crippen LogP contribution in [0.25, 0.3) is 21.7 Å². The van der Waals surface area contributed by atoms with Gasteiger partial charge in [0, 0.05) is 42.9 Å². The lowest BCUT2D eigenvalue weighted by molar-refractivity contribution is -0.140. The molecule has 294 valence electrons. The van der Waals surface area contributed by atoms with Crippen molar-refractivity contribution in [3.05, 3.63) is 78.1 Å². The van der Waals surface area contributed by atoms with Gasteiger partial charge in [-0.2, -0.15) is 5.10 Å². The molecule has 2 aliphatic heterocycles. The smallest absolute Gasteiger partial charge is 0.255 e. The lowest BCUT2D eigenvalue weighted by Gasteiger charge is -2.29. The summed E-state index contributed by atoms with van der Waals surface area (Å²) in [6.07, 6.45) is 9.88. The molecular weight excluding hydrogens is 747 g/mol. The van der Waals surface area contributed by atoms with Crippen molar-refractivity contribution in [3.63, 3.8) is 0 Å². The normalized spacial score (nSPS) is 26.5. The Hall–Kier alpha value is -5.25. The van der Waals surface area contributed by atoms with Crippen molar-refractivity contribution >= 4 is 55.2 Å². The van der Waals surface area contributed by atoms with Crippen molar-refractivity contribution in [3.8, 4) is 5.88 Å². The summed E-state index contributed by atoms with van der Waals surface area (Å²) in [6.45, 7) is -0.0986. The highest BCUT2D eigenvalue weighted by Crippen LogP contribution is 2.57. The summed E-state index contributed by atoms with van der Waals surface area (Å²) in [5.41, 5.74) is -0.840. The summed E-state index contributed by atoms with van der Waals surface area (Å²) in [6, 6.07) is 5.92. The largest absolute Gasteiger partial charge is 0.472 e. The van der Waals surface area contributed by atoms with E-state index in [-0.39, 0.29) is 48.7 Å². The maximum Gasteiger partial charge on any atom is 0.255 e. The molecule has 16 heteroatoms. The highest BCUT2D eigenvalue weighted by molar-refractivity contribution is 7.90. The van der Waals surface area contributed by atoms with Gasteiger partial charge in [-0.25, -0.2) is 22.2 Å². The molecule has 4 aliphatic rings. The van der Waals surface area contributed by atoms with Crippen LogP contribution in [0.15, 0.2) is 60.9 Å². The first-order chi connectivity index (χ1) is 26.8. The quantitative estimate of drug-likeness (QED) is 0.200. The van der Waals surface area contributed by atoms with Crippen LogP contribution in [0.3, 0.4) is 0 Å². The molecule has 13 nitrogen and oxygen atoms in total. The average Bonchev–Trinajstić information content (AvgIpc) is 4.04. The van der Waals surface area contributed by atoms with E-state index in [1.807, 2.05) is 12.2 Å². The molecular formula is C40H42F2N6O7S. The highest BCUT2D eigenvalue weighted by atomic mass is 32.2. The molecule has 2 aliphatic carbocycles. The third-order valence-corrected chi connectivity index (χ3v) is 13.3. The van der Waals surface area contributed by atoms with E-state index in [1.54, 1.807) is 7.05 Å². The summed E-state index contributed by atoms with van der Waals surface area (Å²) < 4.78 is 64.8. The minimum Gasteiger partial charge on any atom is -0.472 e. The number of rotatable bonds is 7. The topological polar surface area (TPSA) is 170 Å². The molecule has 56 heavy (non-hydrogen) atoms. The van der Waals surface area contributed by atoms with Crippen LogP contribution in [0, 0.1) is 23.0 Å². The van der Waals surface area contributed by atoms with E-state index in [0.29, 0.717) is 48.3 Å². The average molecular weight is 789 g/mol. The summed E-state index contributed by atoms with van der Waals surface area (Å²) in [4.78, 5) is 62.3. The van der Waals surface area contributed by atoms with E-state index in [4.69, 9.17) is 4.74 Å². The molecule has 0 unspecified atom stereocenters. The van der Waals surface area contributed by atoms with E-state index in [1.165, 1.54) is 58.4 Å². The summed E-state index contributed by atoms with van der Waals surface area (Å²) in [5, 5.41) is 7.67. The molecule has 2 aromatic heterocycles. The molecule has 4 heterocycles. The minimum absolute atomic E-state index is 0.0159. The van der Waals surface area contributed by atoms with E-state index >= 15 is 0 Å². The van der Waals surface area contributed by atoms with Gasteiger partial charge in [-0.05, 0) is 80.2 Å². The van der Waals surface area contributed by atoms with Crippen molar-refractivity contribution in [1.29, 1.82) is 0 Å². The van der Waals surface area contributed by atoms with Gasteiger partial charge < -0.3 is 15.0 Å². The summed E-state index contributed by atoms with van der Waals surface area (Å²) in [5.74, 6) is -3.58. The number of nitrogens with zero attached hydrogens (tertiary/aromatic N) is 4. The lowest BCUT2D eigenvalue weighted by atomic mass is 9.91. The Morgan fingerprint density at radius 3 is 2.50 bits per heavy atom. The SMILES string of the molecule is Cn1cc(C(=O)N[C@H]2CCCCC/C=C\[C@@H]3C[C@@]3(C(=O)NS(=O)(=O)C3CC3)CC(=O)[C@@H]3C[C@@H](Oc4nc5cc(F)ccc5c5cc(F)ccc45)CN3C2=O)cn1. The van der Waals surface area contributed by atoms with Gasteiger partial charge in [0.2, 0.25) is 27.7 Å². The predicted octanol–water partition coefficient (Wildman–Crippen LogP) is 4.64. The lowest BCUT2D eigenvalue weighted by Crippen LogP contribution is -2.52. The van der Waals surface area contributed by atoms with Crippen LogP contribution >= 0.6 is 0 Å². The Morgan fingerprint density at radius 2 is 1.75 bits per heavy atom. The second kappa shape index (κ2) is 14.7. The standard InChI is InChI=1S/C40H42F2N6O7S/c1-47-21-23(20-43-47)36(50)44-32-8-6-4-2-3-5-7-24-18-40(24,39(52)46-56(53,54)28-11-12-28)19-35(49)34-17-27(22-48(34)38(32)51)55-37-30-14-10-25(41)15-31(30)29-13-9-26(42)16-33(29)45-37/h5,7,9-10,13-16,20-21,24,27-28,32,34H,2-4,6,8,11-12,17-19,22H2,1H3,(H,44,50)(H,46,52)/b7-5-/t24-,27-,32+,34+,40-/m1/s1. The Labute approximate surface area is 321 Å². The van der Waals surface area contributed by atoms with Crippen molar-refractivity contribution in [2.24, 2.45) is 18.4 Å². The van der Waals surface area contributed by atoms with Crippen LogP contribution in [0.4, 0.5) is 8.78 Å². The third kappa shape index (κ3) is 7.50. The molecule has 1 saturated heterocycles. The van der Waals surface area contributed by atoms with Gasteiger partial charge in [-0.1, -0.05) is 25.0 Å². The summed E-state index contributed by atoms with van der Waals surface area (Å²) in [7, 11) is -2.23. The number of pyridine rings is 1. The number of nitrogens with one attached hydrogen (secondary N) is 2. The number of allylic oxidation sites excluding steroid dienone is 2. The molecule has 0 bridgehead atoms. The van der Waals surface area contributed by atoms with Crippen LogP contribution in [0.5, 0.6) is 5.88 Å². The van der Waals surface area contributed by atoms with E-state index < -0.39 is 74.0 Å². The number of fused-ring (bicyclic) bond motifs is 5. The maximum absolute atomic E-state index is 14.6. The Kier molecular flexibility index (Phi) is 9.87. The van der Waals surface area contributed by atoms with Crippen LogP contribution in [0.2, 0.25) is 0 Å². The molecule has 5 atom stereocenters. The zero-order chi connectivity index (χ0) is 39.4. The third-order valence-electron chi connectivity index (χ3n) is 11.5. The molecule has 2 aromatic carbocycles. The summed E-state index contributed by atoms with van der Waals surface area (Å²) >= 11 is 0. The van der Waals surface area contributed by atoms with Gasteiger partial charge in [0.25, 0.3) is 5.91 Å². The number of ether oxygens (including phenoxy) is 1. The van der Waals surface area contributed by atoms with Gasteiger partial charge in [0.1, 0.15) is 23.8 Å². The van der Waals surface area contributed by atoms with Crippen molar-refractivity contribution < 1.29 is 41.1 Å². The number of aryl methyl sites for hydroxylation is 1. The number of amides is 3. The number of carbonyl (C=O) groups is 4. The van der Waals surface area contributed by atoms with Gasteiger partial charge in [0.15, 0.2) is 5.78 Å². The second-order valence-electron chi connectivity index (χ2n) is 15.5. The van der Waals surface area contributed by atoms with E-state index in [9.17, 15) is 36.4 Å². The van der Waals surface area contributed by atoms with Gasteiger partial charge >= 0.3 is 0 Å².